The molecule has 0 N–H and O–H groups in total. The fraction of sp³-hybridized carbons (Fsp3) is 0.846. The molecule has 3 rings (SSSR count). The van der Waals surface area contributed by atoms with Gasteiger partial charge in [-0.2, -0.15) is 0 Å². The molecule has 0 aromatic carbocycles. The Morgan fingerprint density at radius 1 is 1.06 bits per heavy atom. The number of likely N-dealkylation sites (tertiary alicyclic amines) is 2. The normalized spacial score (nSPS) is 27.8. The summed E-state index contributed by atoms with van der Waals surface area (Å²) < 4.78 is 11.3. The van der Waals surface area contributed by atoms with Crippen LogP contribution in [0.2, 0.25) is 0 Å². The van der Waals surface area contributed by atoms with Crippen molar-refractivity contribution in [2.45, 2.75) is 31.5 Å². The van der Waals surface area contributed by atoms with Gasteiger partial charge in [0.25, 0.3) is 0 Å². The largest absolute Gasteiger partial charge is 0.347 e. The molecule has 3 heterocycles. The minimum atomic E-state index is -0.384. The van der Waals surface area contributed by atoms with Crippen molar-refractivity contribution in [1.29, 1.82) is 0 Å². The minimum absolute atomic E-state index is 0.179. The minimum Gasteiger partial charge on any atom is -0.347 e. The first-order chi connectivity index (χ1) is 8.79. The summed E-state index contributed by atoms with van der Waals surface area (Å²) >= 11 is 0. The van der Waals surface area contributed by atoms with E-state index in [4.69, 9.17) is 9.47 Å². The van der Waals surface area contributed by atoms with Crippen LogP contribution in [0.25, 0.3) is 0 Å². The van der Waals surface area contributed by atoms with Crippen molar-refractivity contribution in [2.75, 3.05) is 39.4 Å². The number of hydrogen-bond donors (Lipinski definition) is 0. The highest BCUT2D eigenvalue weighted by Crippen LogP contribution is 2.31. The fourth-order valence-electron chi connectivity index (χ4n) is 2.96. The third-order valence-electron chi connectivity index (χ3n) is 4.07. The quantitative estimate of drug-likeness (QED) is 0.652. The Morgan fingerprint density at radius 3 is 2.39 bits per heavy atom. The lowest BCUT2D eigenvalue weighted by Crippen LogP contribution is -2.52. The highest BCUT2D eigenvalue weighted by molar-refractivity contribution is 5.74. The maximum absolute atomic E-state index is 12.3. The fourth-order valence-corrected chi connectivity index (χ4v) is 2.96. The number of rotatable bonds is 0. The summed E-state index contributed by atoms with van der Waals surface area (Å²) in [7, 11) is 0. The summed E-state index contributed by atoms with van der Waals surface area (Å²) in [6.45, 7) is 4.56. The molecule has 0 aromatic rings. The van der Waals surface area contributed by atoms with Gasteiger partial charge in [0, 0.05) is 39.0 Å². The first-order valence-corrected chi connectivity index (χ1v) is 6.93. The molecule has 3 saturated heterocycles. The molecule has 0 aromatic heterocycles. The van der Waals surface area contributed by atoms with E-state index in [1.807, 2.05) is 9.80 Å². The number of carbonyl (C=O) groups excluding carboxylic acids is 1. The summed E-state index contributed by atoms with van der Waals surface area (Å²) in [4.78, 5) is 16.2. The Hall–Kier alpha value is -0.810. The molecule has 0 saturated carbocycles. The molecule has 2 amide bonds. The highest BCUT2D eigenvalue weighted by Gasteiger charge is 2.41. The number of hydrogen-bond acceptors (Lipinski definition) is 3. The van der Waals surface area contributed by atoms with E-state index < -0.39 is 0 Å². The number of amides is 2. The molecule has 0 atom stereocenters. The van der Waals surface area contributed by atoms with E-state index in [9.17, 15) is 4.79 Å². The molecule has 1 radical (unpaired) electrons. The molecule has 18 heavy (non-hydrogen) atoms. The predicted molar refractivity (Wildman–Crippen MR) is 65.9 cm³/mol. The summed E-state index contributed by atoms with van der Waals surface area (Å²) in [6, 6.07) is 0.179. The van der Waals surface area contributed by atoms with E-state index in [1.165, 1.54) is 0 Å². The number of carbonyl (C=O) groups is 1. The lowest BCUT2D eigenvalue weighted by molar-refractivity contribution is -0.181. The van der Waals surface area contributed by atoms with Crippen LogP contribution in [0.5, 0.6) is 0 Å². The van der Waals surface area contributed by atoms with Crippen molar-refractivity contribution in [3.05, 3.63) is 6.42 Å². The van der Waals surface area contributed by atoms with Crippen molar-refractivity contribution in [1.82, 2.24) is 9.80 Å². The van der Waals surface area contributed by atoms with E-state index in [-0.39, 0.29) is 11.8 Å². The Morgan fingerprint density at radius 2 is 1.78 bits per heavy atom. The first kappa shape index (κ1) is 12.2. The van der Waals surface area contributed by atoms with Gasteiger partial charge in [-0.05, 0) is 19.3 Å². The third-order valence-corrected chi connectivity index (χ3v) is 4.07. The van der Waals surface area contributed by atoms with Crippen LogP contribution in [0, 0.1) is 6.42 Å². The molecule has 0 unspecified atom stereocenters. The second kappa shape index (κ2) is 5.05. The molecular weight excluding hydrogens is 232 g/mol. The van der Waals surface area contributed by atoms with Crippen LogP contribution in [-0.2, 0) is 9.47 Å². The standard InChI is InChI=1S/C13H21N2O3/c16-12(14-6-2-1-3-7-14)15-8-4-13(5-9-15)17-10-11-18-13/h2H,1,3-11H2. The maximum atomic E-state index is 12.3. The van der Waals surface area contributed by atoms with Gasteiger partial charge in [0.1, 0.15) is 0 Å². The van der Waals surface area contributed by atoms with E-state index in [0.29, 0.717) is 13.2 Å². The van der Waals surface area contributed by atoms with Crippen LogP contribution < -0.4 is 0 Å². The van der Waals surface area contributed by atoms with Gasteiger partial charge in [-0.3, -0.25) is 0 Å². The first-order valence-electron chi connectivity index (χ1n) is 6.93. The van der Waals surface area contributed by atoms with E-state index in [1.54, 1.807) is 0 Å². The van der Waals surface area contributed by atoms with Gasteiger partial charge in [-0.25, -0.2) is 4.79 Å². The topological polar surface area (TPSA) is 42.0 Å². The van der Waals surface area contributed by atoms with Crippen molar-refractivity contribution < 1.29 is 14.3 Å². The second-order valence-electron chi connectivity index (χ2n) is 5.25. The van der Waals surface area contributed by atoms with E-state index >= 15 is 0 Å². The third kappa shape index (κ3) is 2.34. The lowest BCUT2D eigenvalue weighted by atomic mass is 10.0. The Labute approximate surface area is 108 Å². The van der Waals surface area contributed by atoms with Crippen LogP contribution in [0.15, 0.2) is 0 Å². The van der Waals surface area contributed by atoms with Crippen LogP contribution in [0.4, 0.5) is 4.79 Å². The van der Waals surface area contributed by atoms with Gasteiger partial charge in [-0.15, -0.1) is 0 Å². The molecule has 3 aliphatic heterocycles. The Balaban J connectivity index is 1.53. The molecule has 3 fully saturated rings. The van der Waals surface area contributed by atoms with Gasteiger partial charge >= 0.3 is 6.03 Å². The lowest BCUT2D eigenvalue weighted by Gasteiger charge is -2.40. The molecule has 5 heteroatoms. The SMILES string of the molecule is O=C(N1C[CH]CCC1)N1CCC2(CC1)OCCO2. The zero-order valence-electron chi connectivity index (χ0n) is 10.8. The average molecular weight is 253 g/mol. The van der Waals surface area contributed by atoms with Gasteiger partial charge < -0.3 is 19.3 Å². The molecular formula is C13H21N2O3. The predicted octanol–water partition coefficient (Wildman–Crippen LogP) is 1.25. The van der Waals surface area contributed by atoms with Crippen molar-refractivity contribution in [3.8, 4) is 0 Å². The Kier molecular flexibility index (Phi) is 3.43. The zero-order chi connectivity index (χ0) is 12.4. The molecule has 5 nitrogen and oxygen atoms in total. The van der Waals surface area contributed by atoms with Gasteiger partial charge in [0.2, 0.25) is 0 Å². The molecule has 0 aliphatic carbocycles. The van der Waals surface area contributed by atoms with Crippen LogP contribution >= 0.6 is 0 Å². The number of nitrogens with zero attached hydrogens (tertiary/aromatic N) is 2. The number of urea groups is 1. The smallest absolute Gasteiger partial charge is 0.320 e. The highest BCUT2D eigenvalue weighted by atomic mass is 16.7. The monoisotopic (exact) mass is 253 g/mol. The zero-order valence-corrected chi connectivity index (χ0v) is 10.8. The molecule has 0 bridgehead atoms. The van der Waals surface area contributed by atoms with Crippen LogP contribution in [0.1, 0.15) is 25.7 Å². The van der Waals surface area contributed by atoms with Crippen LogP contribution in [-0.4, -0.2) is 61.0 Å². The van der Waals surface area contributed by atoms with E-state index in [0.717, 1.165) is 51.9 Å². The van der Waals surface area contributed by atoms with Crippen LogP contribution in [0.3, 0.4) is 0 Å². The summed E-state index contributed by atoms with van der Waals surface area (Å²) in [5.41, 5.74) is 0. The Bertz CT molecular complexity index is 299. The summed E-state index contributed by atoms with van der Waals surface area (Å²) in [5.74, 6) is -0.384. The average Bonchev–Trinajstić information content (AvgIpc) is 2.88. The maximum Gasteiger partial charge on any atom is 0.320 e. The van der Waals surface area contributed by atoms with Crippen molar-refractivity contribution in [3.63, 3.8) is 0 Å². The summed E-state index contributed by atoms with van der Waals surface area (Å²) in [5, 5.41) is 0. The molecule has 3 aliphatic rings. The van der Waals surface area contributed by atoms with E-state index in [2.05, 4.69) is 6.42 Å². The summed E-state index contributed by atoms with van der Waals surface area (Å²) in [6.07, 6.45) is 6.02. The molecule has 101 valence electrons. The van der Waals surface area contributed by atoms with Gasteiger partial charge in [0.15, 0.2) is 5.79 Å². The number of piperidine rings is 2. The van der Waals surface area contributed by atoms with Gasteiger partial charge in [0.05, 0.1) is 13.2 Å². The van der Waals surface area contributed by atoms with Gasteiger partial charge in [-0.1, -0.05) is 0 Å². The second-order valence-corrected chi connectivity index (χ2v) is 5.25. The van der Waals surface area contributed by atoms with Crippen molar-refractivity contribution in [2.24, 2.45) is 0 Å². The van der Waals surface area contributed by atoms with Crippen molar-refractivity contribution >= 4 is 6.03 Å². The molecule has 1 spiro atoms. The number of ether oxygens (including phenoxy) is 2.